The van der Waals surface area contributed by atoms with Crippen LogP contribution in [0.25, 0.3) is 0 Å². The van der Waals surface area contributed by atoms with Crippen molar-refractivity contribution in [3.63, 3.8) is 0 Å². The van der Waals surface area contributed by atoms with Gasteiger partial charge in [0, 0.05) is 17.9 Å². The molecule has 1 fully saturated rings. The largest absolute Gasteiger partial charge is 0.457 e. The average Bonchev–Trinajstić information content (AvgIpc) is 3.28. The van der Waals surface area contributed by atoms with Gasteiger partial charge in [0.05, 0.1) is 13.1 Å². The Balaban J connectivity index is 1.64. The third-order valence-electron chi connectivity index (χ3n) is 6.20. The molecule has 3 atom stereocenters. The zero-order valence-electron chi connectivity index (χ0n) is 15.9. The van der Waals surface area contributed by atoms with E-state index in [1.54, 1.807) is 0 Å². The molecule has 0 N–H and O–H groups in total. The van der Waals surface area contributed by atoms with Gasteiger partial charge in [0.2, 0.25) is 0 Å². The normalized spacial score (nSPS) is 36.8. The molecule has 3 aliphatic heterocycles. The van der Waals surface area contributed by atoms with Crippen LogP contribution in [0.3, 0.4) is 0 Å². The third-order valence-corrected chi connectivity index (χ3v) is 6.20. The number of hydrogen-bond donors (Lipinski definition) is 0. The second-order valence-electron chi connectivity index (χ2n) is 8.21. The van der Waals surface area contributed by atoms with Gasteiger partial charge < -0.3 is 9.47 Å². The van der Waals surface area contributed by atoms with E-state index in [0.717, 1.165) is 30.4 Å². The molecule has 0 radical (unpaired) electrons. The Morgan fingerprint density at radius 2 is 1.81 bits per heavy atom. The highest BCUT2D eigenvalue weighted by atomic mass is 16.6. The van der Waals surface area contributed by atoms with E-state index >= 15 is 0 Å². The molecule has 0 aromatic carbocycles. The van der Waals surface area contributed by atoms with Crippen LogP contribution in [0.5, 0.6) is 0 Å². The standard InChI is InChI=1S/C21H26N2O4/c1-13-4-3-5-15-10-16(26-19(15)24)8-14(2)9-18-17(7-6-13)21(20(25)27-18)11-22-23-12-21/h4,9-10,16-18H,3,5-8,11-12H2,1-2H3/b13-4+,14-9+/t16?,17-,18-/m0/s1. The smallest absolute Gasteiger partial charge is 0.334 e. The first-order valence-electron chi connectivity index (χ1n) is 9.77. The molecule has 6 heteroatoms. The molecule has 1 unspecified atom stereocenters. The molecule has 1 spiro atoms. The van der Waals surface area contributed by atoms with E-state index in [1.807, 2.05) is 19.1 Å². The van der Waals surface area contributed by atoms with Crippen molar-refractivity contribution in [2.45, 2.75) is 58.2 Å². The Hall–Kier alpha value is -2.24. The Bertz CT molecular complexity index is 769. The number of carbonyl (C=O) groups is 2. The summed E-state index contributed by atoms with van der Waals surface area (Å²) in [6, 6.07) is 0. The van der Waals surface area contributed by atoms with E-state index in [1.165, 1.54) is 5.57 Å². The summed E-state index contributed by atoms with van der Waals surface area (Å²) in [7, 11) is 0. The van der Waals surface area contributed by atoms with Crippen LogP contribution >= 0.6 is 0 Å². The summed E-state index contributed by atoms with van der Waals surface area (Å²) in [4.78, 5) is 24.8. The molecule has 1 saturated heterocycles. The first kappa shape index (κ1) is 18.1. The minimum Gasteiger partial charge on any atom is -0.457 e. The second kappa shape index (κ2) is 7.06. The number of nitrogens with zero attached hydrogens (tertiary/aromatic N) is 2. The molecule has 2 bridgehead atoms. The molecule has 6 nitrogen and oxygen atoms in total. The molecule has 1 aliphatic carbocycles. The lowest BCUT2D eigenvalue weighted by atomic mass is 9.72. The summed E-state index contributed by atoms with van der Waals surface area (Å²) >= 11 is 0. The number of azo groups is 1. The maximum absolute atomic E-state index is 12.7. The van der Waals surface area contributed by atoms with Crippen molar-refractivity contribution in [3.05, 3.63) is 34.9 Å². The fraction of sp³-hybridized carbons (Fsp3) is 0.619. The molecule has 0 aromatic heterocycles. The first-order chi connectivity index (χ1) is 13.0. The van der Waals surface area contributed by atoms with Gasteiger partial charge >= 0.3 is 11.9 Å². The van der Waals surface area contributed by atoms with Crippen LogP contribution in [0.1, 0.15) is 46.0 Å². The van der Waals surface area contributed by atoms with Gasteiger partial charge in [-0.25, -0.2) is 4.79 Å². The zero-order valence-corrected chi connectivity index (χ0v) is 15.9. The van der Waals surface area contributed by atoms with E-state index in [2.05, 4.69) is 23.2 Å². The Kier molecular flexibility index (Phi) is 4.74. The summed E-state index contributed by atoms with van der Waals surface area (Å²) < 4.78 is 11.3. The molecule has 4 aliphatic rings. The van der Waals surface area contributed by atoms with Crippen molar-refractivity contribution in [2.75, 3.05) is 13.1 Å². The monoisotopic (exact) mass is 370 g/mol. The number of hydrogen-bond acceptors (Lipinski definition) is 6. The Morgan fingerprint density at radius 3 is 2.59 bits per heavy atom. The third kappa shape index (κ3) is 3.37. The first-order valence-corrected chi connectivity index (χ1v) is 9.77. The van der Waals surface area contributed by atoms with E-state index in [9.17, 15) is 9.59 Å². The summed E-state index contributed by atoms with van der Waals surface area (Å²) in [5.74, 6) is -0.308. The lowest BCUT2D eigenvalue weighted by Gasteiger charge is -2.26. The highest BCUT2D eigenvalue weighted by Gasteiger charge is 2.58. The predicted molar refractivity (Wildman–Crippen MR) is 99.0 cm³/mol. The van der Waals surface area contributed by atoms with Gasteiger partial charge in [0.15, 0.2) is 0 Å². The van der Waals surface area contributed by atoms with Crippen LogP contribution in [-0.4, -0.2) is 37.2 Å². The van der Waals surface area contributed by atoms with Crippen molar-refractivity contribution in [3.8, 4) is 0 Å². The fourth-order valence-electron chi connectivity index (χ4n) is 4.60. The minimum absolute atomic E-state index is 0.0680. The van der Waals surface area contributed by atoms with Gasteiger partial charge in [0.1, 0.15) is 17.6 Å². The van der Waals surface area contributed by atoms with Crippen molar-refractivity contribution in [1.82, 2.24) is 0 Å². The average molecular weight is 370 g/mol. The molecule has 0 saturated carbocycles. The van der Waals surface area contributed by atoms with Gasteiger partial charge in [-0.05, 0) is 51.7 Å². The van der Waals surface area contributed by atoms with Crippen molar-refractivity contribution >= 4 is 11.9 Å². The summed E-state index contributed by atoms with van der Waals surface area (Å²) in [6.45, 7) is 4.97. The number of fused-ring (bicyclic) bond motifs is 3. The number of carbonyl (C=O) groups excluding carboxylic acids is 2. The van der Waals surface area contributed by atoms with Gasteiger partial charge in [0.25, 0.3) is 0 Å². The number of ether oxygens (including phenoxy) is 2. The molecule has 3 heterocycles. The van der Waals surface area contributed by atoms with Crippen LogP contribution in [-0.2, 0) is 19.1 Å². The lowest BCUT2D eigenvalue weighted by Crippen LogP contribution is -2.38. The maximum atomic E-state index is 12.7. The molecular formula is C21H26N2O4. The van der Waals surface area contributed by atoms with Crippen LogP contribution in [0.2, 0.25) is 0 Å². The molecule has 0 amide bonds. The topological polar surface area (TPSA) is 77.3 Å². The Labute approximate surface area is 159 Å². The van der Waals surface area contributed by atoms with Gasteiger partial charge in [-0.2, -0.15) is 10.2 Å². The molecule has 27 heavy (non-hydrogen) atoms. The lowest BCUT2D eigenvalue weighted by molar-refractivity contribution is -0.146. The molecule has 0 aromatic rings. The quantitative estimate of drug-likeness (QED) is 0.481. The minimum atomic E-state index is -0.605. The summed E-state index contributed by atoms with van der Waals surface area (Å²) in [6.07, 6.45) is 9.63. The van der Waals surface area contributed by atoms with Gasteiger partial charge in [-0.15, -0.1) is 0 Å². The zero-order chi connectivity index (χ0) is 19.0. The highest BCUT2D eigenvalue weighted by Crippen LogP contribution is 2.47. The van der Waals surface area contributed by atoms with Crippen LogP contribution in [0, 0.1) is 11.3 Å². The molecular weight excluding hydrogens is 344 g/mol. The molecule has 4 rings (SSSR count). The van der Waals surface area contributed by atoms with Crippen LogP contribution in [0.4, 0.5) is 0 Å². The second-order valence-corrected chi connectivity index (χ2v) is 8.21. The highest BCUT2D eigenvalue weighted by molar-refractivity contribution is 5.90. The fourth-order valence-corrected chi connectivity index (χ4v) is 4.60. The number of esters is 2. The van der Waals surface area contributed by atoms with E-state index in [4.69, 9.17) is 9.47 Å². The summed E-state index contributed by atoms with van der Waals surface area (Å²) in [5.41, 5.74) is 2.51. The predicted octanol–water partition coefficient (Wildman–Crippen LogP) is 3.69. The Morgan fingerprint density at radius 1 is 1.04 bits per heavy atom. The maximum Gasteiger partial charge on any atom is 0.334 e. The van der Waals surface area contributed by atoms with E-state index in [0.29, 0.717) is 25.9 Å². The summed E-state index contributed by atoms with van der Waals surface area (Å²) in [5, 5.41) is 8.24. The van der Waals surface area contributed by atoms with Crippen molar-refractivity contribution in [1.29, 1.82) is 0 Å². The van der Waals surface area contributed by atoms with E-state index < -0.39 is 5.41 Å². The SMILES string of the molecule is C/C1=C\CCC2=CC(C/C(C)=C/[C@@H]3OC(=O)C4(CN=NC4)[C@H]3CC1)OC2=O. The van der Waals surface area contributed by atoms with Crippen LogP contribution < -0.4 is 0 Å². The number of rotatable bonds is 0. The number of allylic oxidation sites excluding steroid dienone is 2. The van der Waals surface area contributed by atoms with Crippen molar-refractivity contribution < 1.29 is 19.1 Å². The van der Waals surface area contributed by atoms with Gasteiger partial charge in [-0.3, -0.25) is 4.79 Å². The van der Waals surface area contributed by atoms with Gasteiger partial charge in [-0.1, -0.05) is 17.2 Å². The van der Waals surface area contributed by atoms with Crippen LogP contribution in [0.15, 0.2) is 45.2 Å². The van der Waals surface area contributed by atoms with E-state index in [-0.39, 0.29) is 30.1 Å². The van der Waals surface area contributed by atoms with Crippen molar-refractivity contribution in [2.24, 2.45) is 21.6 Å². The molecule has 144 valence electrons.